The van der Waals surface area contributed by atoms with Gasteiger partial charge in [-0.2, -0.15) is 4.98 Å². The Morgan fingerprint density at radius 1 is 1.15 bits per heavy atom. The summed E-state index contributed by atoms with van der Waals surface area (Å²) in [5, 5.41) is 4.38. The molecule has 1 fully saturated rings. The number of hydrogen-bond acceptors (Lipinski definition) is 6. The average Bonchev–Trinajstić information content (AvgIpc) is 3.53. The fourth-order valence-corrected chi connectivity index (χ4v) is 4.66. The van der Waals surface area contributed by atoms with E-state index < -0.39 is 17.4 Å². The van der Waals surface area contributed by atoms with Crippen molar-refractivity contribution >= 4 is 28.2 Å². The Labute approximate surface area is 195 Å². The Bertz CT molecular complexity index is 1650. The van der Waals surface area contributed by atoms with Crippen LogP contribution in [0.25, 0.3) is 39.5 Å². The molecule has 8 nitrogen and oxygen atoms in total. The first-order chi connectivity index (χ1) is 16.4. The van der Waals surface area contributed by atoms with E-state index in [4.69, 9.17) is 20.9 Å². The van der Waals surface area contributed by atoms with E-state index in [9.17, 15) is 13.6 Å². The molecular weight excluding hydrogens is 468 g/mol. The number of aromatic nitrogens is 5. The zero-order valence-electron chi connectivity index (χ0n) is 17.8. The molecule has 34 heavy (non-hydrogen) atoms. The van der Waals surface area contributed by atoms with E-state index >= 15 is 0 Å². The molecule has 1 unspecified atom stereocenters. The number of ether oxygens (including phenoxy) is 1. The van der Waals surface area contributed by atoms with E-state index in [0.717, 1.165) is 18.6 Å². The molecule has 0 amide bonds. The van der Waals surface area contributed by atoms with E-state index in [2.05, 4.69) is 15.1 Å². The Morgan fingerprint density at radius 2 is 2.00 bits per heavy atom. The minimum Gasteiger partial charge on any atom is -0.355 e. The van der Waals surface area contributed by atoms with Gasteiger partial charge in [0.1, 0.15) is 34.9 Å². The molecule has 1 saturated heterocycles. The van der Waals surface area contributed by atoms with Crippen molar-refractivity contribution in [1.82, 2.24) is 24.1 Å². The van der Waals surface area contributed by atoms with Gasteiger partial charge in [0.2, 0.25) is 5.82 Å². The zero-order valence-corrected chi connectivity index (χ0v) is 18.5. The van der Waals surface area contributed by atoms with Crippen molar-refractivity contribution in [2.45, 2.75) is 25.5 Å². The van der Waals surface area contributed by atoms with Crippen LogP contribution in [-0.2, 0) is 10.5 Å². The first kappa shape index (κ1) is 20.9. The molecule has 0 N–H and O–H groups in total. The second kappa shape index (κ2) is 7.44. The summed E-state index contributed by atoms with van der Waals surface area (Å²) in [4.78, 5) is 22.5. The number of imidazole rings is 1. The van der Waals surface area contributed by atoms with Gasteiger partial charge in [-0.15, -0.1) is 0 Å². The minimum atomic E-state index is -0.872. The summed E-state index contributed by atoms with van der Waals surface area (Å²) in [5.41, 5.74) is 0.346. The molecule has 1 aliphatic rings. The van der Waals surface area contributed by atoms with Gasteiger partial charge in [-0.3, -0.25) is 13.8 Å². The van der Waals surface area contributed by atoms with Crippen LogP contribution in [0.3, 0.4) is 0 Å². The highest BCUT2D eigenvalue weighted by atomic mass is 35.5. The highest BCUT2D eigenvalue weighted by Crippen LogP contribution is 2.34. The van der Waals surface area contributed by atoms with Gasteiger partial charge in [0.05, 0.1) is 16.6 Å². The molecular formula is C23H16ClF2N5O3. The summed E-state index contributed by atoms with van der Waals surface area (Å²) in [5.74, 6) is -1.74. The van der Waals surface area contributed by atoms with Crippen LogP contribution in [-0.4, -0.2) is 30.7 Å². The lowest BCUT2D eigenvalue weighted by Gasteiger charge is -2.28. The predicted molar refractivity (Wildman–Crippen MR) is 119 cm³/mol. The van der Waals surface area contributed by atoms with Crippen LogP contribution in [0.1, 0.15) is 19.8 Å². The Hall–Kier alpha value is -3.63. The van der Waals surface area contributed by atoms with E-state index in [0.29, 0.717) is 29.1 Å². The molecule has 0 bridgehead atoms. The fraction of sp³-hybridized carbons (Fsp3) is 0.217. The quantitative estimate of drug-likeness (QED) is 0.367. The molecule has 172 valence electrons. The van der Waals surface area contributed by atoms with E-state index in [1.165, 1.54) is 12.4 Å². The molecule has 11 heteroatoms. The second-order valence-corrected chi connectivity index (χ2v) is 8.70. The normalized spacial score (nSPS) is 18.4. The smallest absolute Gasteiger partial charge is 0.280 e. The summed E-state index contributed by atoms with van der Waals surface area (Å²) in [6.45, 7) is 2.39. The Balaban J connectivity index is 1.61. The van der Waals surface area contributed by atoms with Gasteiger partial charge in [-0.05, 0) is 50.1 Å². The van der Waals surface area contributed by atoms with Crippen LogP contribution in [0.2, 0.25) is 5.02 Å². The summed E-state index contributed by atoms with van der Waals surface area (Å²) in [6, 6.07) is 8.25. The highest BCUT2D eigenvalue weighted by Gasteiger charge is 2.35. The van der Waals surface area contributed by atoms with Gasteiger partial charge in [-0.1, -0.05) is 16.8 Å². The SMILES string of the molecule is CC1(n2c(=O)c3c(-c4noc(-c5ccc(F)cc5F)n4)ncn3c3ccc(Cl)cc32)CCCO1. The predicted octanol–water partition coefficient (Wildman–Crippen LogP) is 4.78. The first-order valence-corrected chi connectivity index (χ1v) is 10.9. The maximum Gasteiger partial charge on any atom is 0.280 e. The van der Waals surface area contributed by atoms with Crippen LogP contribution in [0, 0.1) is 11.6 Å². The van der Waals surface area contributed by atoms with Gasteiger partial charge < -0.3 is 9.26 Å². The van der Waals surface area contributed by atoms with Gasteiger partial charge in [0, 0.05) is 17.7 Å². The molecule has 3 aromatic heterocycles. The second-order valence-electron chi connectivity index (χ2n) is 8.26. The third kappa shape index (κ3) is 3.06. The molecule has 6 rings (SSSR count). The molecule has 0 aliphatic carbocycles. The van der Waals surface area contributed by atoms with Crippen molar-refractivity contribution in [3.8, 4) is 23.0 Å². The summed E-state index contributed by atoms with van der Waals surface area (Å²) in [7, 11) is 0. The minimum absolute atomic E-state index is 0.00400. The molecule has 1 aliphatic heterocycles. The van der Waals surface area contributed by atoms with E-state index in [1.54, 1.807) is 27.2 Å². The summed E-state index contributed by atoms with van der Waals surface area (Å²) >= 11 is 6.26. The van der Waals surface area contributed by atoms with Crippen molar-refractivity contribution in [2.75, 3.05) is 6.61 Å². The summed E-state index contributed by atoms with van der Waals surface area (Å²) in [6.07, 6.45) is 2.93. The number of halogens is 3. The molecule has 0 saturated carbocycles. The van der Waals surface area contributed by atoms with Crippen molar-refractivity contribution in [3.63, 3.8) is 0 Å². The van der Waals surface area contributed by atoms with E-state index in [1.807, 2.05) is 6.92 Å². The number of hydrogen-bond donors (Lipinski definition) is 0. The number of benzene rings is 2. The Kier molecular flexibility index (Phi) is 4.58. The van der Waals surface area contributed by atoms with Gasteiger partial charge in [0.25, 0.3) is 11.4 Å². The monoisotopic (exact) mass is 483 g/mol. The lowest BCUT2D eigenvalue weighted by molar-refractivity contribution is -0.0447. The maximum absolute atomic E-state index is 14.2. The molecule has 2 aromatic carbocycles. The summed E-state index contributed by atoms with van der Waals surface area (Å²) < 4.78 is 41.9. The third-order valence-electron chi connectivity index (χ3n) is 6.08. The average molecular weight is 484 g/mol. The number of nitrogens with zero attached hydrogens (tertiary/aromatic N) is 5. The van der Waals surface area contributed by atoms with Crippen LogP contribution < -0.4 is 5.56 Å². The third-order valence-corrected chi connectivity index (χ3v) is 6.32. The van der Waals surface area contributed by atoms with Gasteiger partial charge in [-0.25, -0.2) is 13.8 Å². The molecule has 1 atom stereocenters. The van der Waals surface area contributed by atoms with Gasteiger partial charge >= 0.3 is 0 Å². The topological polar surface area (TPSA) is 87.5 Å². The van der Waals surface area contributed by atoms with Gasteiger partial charge in [0.15, 0.2) is 0 Å². The number of rotatable bonds is 3. The lowest BCUT2D eigenvalue weighted by atomic mass is 10.1. The largest absolute Gasteiger partial charge is 0.355 e. The van der Waals surface area contributed by atoms with Crippen molar-refractivity contribution < 1.29 is 18.0 Å². The van der Waals surface area contributed by atoms with Crippen molar-refractivity contribution in [1.29, 1.82) is 0 Å². The molecule has 0 spiro atoms. The lowest BCUT2D eigenvalue weighted by Crippen LogP contribution is -2.39. The fourth-order valence-electron chi connectivity index (χ4n) is 4.50. The zero-order chi connectivity index (χ0) is 23.6. The van der Waals surface area contributed by atoms with E-state index in [-0.39, 0.29) is 34.0 Å². The first-order valence-electron chi connectivity index (χ1n) is 10.5. The maximum atomic E-state index is 14.2. The number of fused-ring (bicyclic) bond motifs is 3. The highest BCUT2D eigenvalue weighted by molar-refractivity contribution is 6.31. The standard InChI is InChI=1S/C23H16ClF2N5O3/c1-23(7-2-8-33-23)31-17-9-12(24)3-6-16(17)30-11-27-18(19(30)22(31)32)20-28-21(34-29-20)14-5-4-13(25)10-15(14)26/h3-6,9-11H,2,7-8H2,1H3. The van der Waals surface area contributed by atoms with Crippen LogP contribution >= 0.6 is 11.6 Å². The molecule has 5 aromatic rings. The van der Waals surface area contributed by atoms with Crippen molar-refractivity contribution in [2.24, 2.45) is 0 Å². The molecule has 4 heterocycles. The van der Waals surface area contributed by atoms with Crippen LogP contribution in [0.5, 0.6) is 0 Å². The molecule has 0 radical (unpaired) electrons. The van der Waals surface area contributed by atoms with Crippen LogP contribution in [0.4, 0.5) is 8.78 Å². The van der Waals surface area contributed by atoms with Crippen molar-refractivity contribution in [3.05, 3.63) is 69.7 Å². The van der Waals surface area contributed by atoms with Crippen LogP contribution in [0.15, 0.2) is 52.0 Å². The Morgan fingerprint density at radius 3 is 2.76 bits per heavy atom.